The Kier molecular flexibility index (Phi) is 3.41. The van der Waals surface area contributed by atoms with Gasteiger partial charge in [-0.25, -0.2) is 0 Å². The average Bonchev–Trinajstić information content (AvgIpc) is 2.68. The highest BCUT2D eigenvalue weighted by Gasteiger charge is 2.32. The Bertz CT molecular complexity index is 390. The van der Waals surface area contributed by atoms with E-state index in [1.165, 1.54) is 24.0 Å². The number of fused-ring (bicyclic) bond motifs is 1. The third-order valence-corrected chi connectivity index (χ3v) is 5.44. The number of rotatable bonds is 2. The smallest absolute Gasteiger partial charge is 0.0476 e. The molecule has 3 heteroatoms. The molecular weight excluding hydrogens is 230 g/mol. The lowest BCUT2D eigenvalue weighted by Gasteiger charge is -2.26. The fourth-order valence-electron chi connectivity index (χ4n) is 2.78. The first-order chi connectivity index (χ1) is 8.34. The Morgan fingerprint density at radius 1 is 1.18 bits per heavy atom. The number of benzene rings is 1. The Hall–Kier alpha value is -0.510. The van der Waals surface area contributed by atoms with Crippen LogP contribution in [-0.2, 0) is 11.2 Å². The van der Waals surface area contributed by atoms with E-state index in [4.69, 9.17) is 10.5 Å². The molecule has 0 saturated carbocycles. The summed E-state index contributed by atoms with van der Waals surface area (Å²) < 4.78 is 5.41. The lowest BCUT2D eigenvalue weighted by atomic mass is 10.1. The second-order valence-corrected chi connectivity index (χ2v) is 6.46. The van der Waals surface area contributed by atoms with Crippen LogP contribution in [0.2, 0.25) is 0 Å². The van der Waals surface area contributed by atoms with Gasteiger partial charge in [0.25, 0.3) is 0 Å². The summed E-state index contributed by atoms with van der Waals surface area (Å²) in [4.78, 5) is 0. The lowest BCUT2D eigenvalue weighted by Crippen LogP contribution is -2.25. The molecule has 17 heavy (non-hydrogen) atoms. The molecule has 1 aliphatic carbocycles. The summed E-state index contributed by atoms with van der Waals surface area (Å²) >= 11 is 2.09. The Morgan fingerprint density at radius 3 is 2.71 bits per heavy atom. The SMILES string of the molecule is NC1c2ccccc2CC1SC1CCOCC1. The van der Waals surface area contributed by atoms with Gasteiger partial charge in [-0.1, -0.05) is 24.3 Å². The van der Waals surface area contributed by atoms with Crippen LogP contribution in [0.25, 0.3) is 0 Å². The molecule has 2 unspecified atom stereocenters. The van der Waals surface area contributed by atoms with Gasteiger partial charge in [0, 0.05) is 29.8 Å². The van der Waals surface area contributed by atoms with E-state index in [2.05, 4.69) is 36.0 Å². The Balaban J connectivity index is 1.67. The molecule has 2 atom stereocenters. The zero-order valence-electron chi connectivity index (χ0n) is 9.97. The van der Waals surface area contributed by atoms with E-state index in [9.17, 15) is 0 Å². The third kappa shape index (κ3) is 2.37. The summed E-state index contributed by atoms with van der Waals surface area (Å²) in [5.74, 6) is 0. The highest BCUT2D eigenvalue weighted by Crippen LogP contribution is 2.40. The summed E-state index contributed by atoms with van der Waals surface area (Å²) in [6.45, 7) is 1.85. The molecule has 1 aromatic carbocycles. The lowest BCUT2D eigenvalue weighted by molar-refractivity contribution is 0.0999. The Labute approximate surface area is 107 Å². The van der Waals surface area contributed by atoms with Crippen molar-refractivity contribution < 1.29 is 4.74 Å². The van der Waals surface area contributed by atoms with E-state index in [1.807, 2.05) is 0 Å². The molecule has 2 aliphatic rings. The van der Waals surface area contributed by atoms with Crippen LogP contribution in [0.3, 0.4) is 0 Å². The quantitative estimate of drug-likeness (QED) is 0.875. The van der Waals surface area contributed by atoms with E-state index in [-0.39, 0.29) is 6.04 Å². The van der Waals surface area contributed by atoms with Crippen molar-refractivity contribution in [3.05, 3.63) is 35.4 Å². The minimum Gasteiger partial charge on any atom is -0.381 e. The summed E-state index contributed by atoms with van der Waals surface area (Å²) in [6, 6.07) is 8.84. The van der Waals surface area contributed by atoms with Crippen LogP contribution in [0.5, 0.6) is 0 Å². The van der Waals surface area contributed by atoms with Gasteiger partial charge in [-0.15, -0.1) is 0 Å². The zero-order valence-corrected chi connectivity index (χ0v) is 10.8. The van der Waals surface area contributed by atoms with Gasteiger partial charge in [-0.05, 0) is 30.4 Å². The molecule has 3 rings (SSSR count). The van der Waals surface area contributed by atoms with Gasteiger partial charge in [0.1, 0.15) is 0 Å². The van der Waals surface area contributed by atoms with Crippen LogP contribution >= 0.6 is 11.8 Å². The summed E-state index contributed by atoms with van der Waals surface area (Å²) in [5, 5.41) is 1.31. The topological polar surface area (TPSA) is 35.2 Å². The molecule has 0 radical (unpaired) electrons. The third-order valence-electron chi connectivity index (χ3n) is 3.77. The number of hydrogen-bond donors (Lipinski definition) is 1. The summed E-state index contributed by atoms with van der Waals surface area (Å²) in [7, 11) is 0. The average molecular weight is 249 g/mol. The first kappa shape index (κ1) is 11.6. The molecule has 1 saturated heterocycles. The van der Waals surface area contributed by atoms with Crippen LogP contribution < -0.4 is 5.73 Å². The second-order valence-electron chi connectivity index (χ2n) is 4.91. The molecule has 0 amide bonds. The molecule has 2 nitrogen and oxygen atoms in total. The van der Waals surface area contributed by atoms with Gasteiger partial charge in [-0.3, -0.25) is 0 Å². The highest BCUT2D eigenvalue weighted by atomic mass is 32.2. The minimum absolute atomic E-state index is 0.221. The van der Waals surface area contributed by atoms with Crippen molar-refractivity contribution >= 4 is 11.8 Å². The van der Waals surface area contributed by atoms with Crippen molar-refractivity contribution in [2.75, 3.05) is 13.2 Å². The fraction of sp³-hybridized carbons (Fsp3) is 0.571. The van der Waals surface area contributed by atoms with Gasteiger partial charge >= 0.3 is 0 Å². The van der Waals surface area contributed by atoms with Crippen molar-refractivity contribution in [2.45, 2.75) is 35.8 Å². The van der Waals surface area contributed by atoms with Gasteiger partial charge < -0.3 is 10.5 Å². The van der Waals surface area contributed by atoms with Crippen molar-refractivity contribution in [1.29, 1.82) is 0 Å². The van der Waals surface area contributed by atoms with Crippen LogP contribution in [0.1, 0.15) is 30.0 Å². The highest BCUT2D eigenvalue weighted by molar-refractivity contribution is 8.00. The van der Waals surface area contributed by atoms with Crippen LogP contribution in [0, 0.1) is 0 Å². The first-order valence-corrected chi connectivity index (χ1v) is 7.35. The molecule has 92 valence electrons. The molecule has 2 N–H and O–H groups in total. The van der Waals surface area contributed by atoms with Crippen LogP contribution in [0.4, 0.5) is 0 Å². The zero-order chi connectivity index (χ0) is 11.7. The predicted octanol–water partition coefficient (Wildman–Crippen LogP) is 2.52. The van der Waals surface area contributed by atoms with Gasteiger partial charge in [0.15, 0.2) is 0 Å². The van der Waals surface area contributed by atoms with E-state index in [1.54, 1.807) is 0 Å². The molecule has 1 fully saturated rings. The normalized spacial score (nSPS) is 29.2. The molecule has 1 aromatic rings. The van der Waals surface area contributed by atoms with Crippen molar-refractivity contribution in [3.63, 3.8) is 0 Å². The number of nitrogens with two attached hydrogens (primary N) is 1. The second kappa shape index (κ2) is 5.01. The van der Waals surface area contributed by atoms with E-state index >= 15 is 0 Å². The van der Waals surface area contributed by atoms with Crippen molar-refractivity contribution in [2.24, 2.45) is 5.73 Å². The maximum Gasteiger partial charge on any atom is 0.0476 e. The summed E-state index contributed by atoms with van der Waals surface area (Å²) in [5.41, 5.74) is 9.16. The molecule has 0 aromatic heterocycles. The largest absolute Gasteiger partial charge is 0.381 e. The molecule has 1 heterocycles. The monoisotopic (exact) mass is 249 g/mol. The standard InChI is InChI=1S/C14H19NOS/c15-14-12-4-2-1-3-10(12)9-13(14)17-11-5-7-16-8-6-11/h1-4,11,13-14H,5-9,15H2. The molecule has 1 aliphatic heterocycles. The van der Waals surface area contributed by atoms with E-state index < -0.39 is 0 Å². The number of thioether (sulfide) groups is 1. The minimum atomic E-state index is 0.221. The molecule has 0 spiro atoms. The van der Waals surface area contributed by atoms with Crippen molar-refractivity contribution in [1.82, 2.24) is 0 Å². The summed E-state index contributed by atoms with van der Waals surface area (Å²) in [6.07, 6.45) is 3.51. The maximum absolute atomic E-state index is 6.36. The number of hydrogen-bond acceptors (Lipinski definition) is 3. The van der Waals surface area contributed by atoms with E-state index in [0.29, 0.717) is 5.25 Å². The molecular formula is C14H19NOS. The Morgan fingerprint density at radius 2 is 1.94 bits per heavy atom. The van der Waals surface area contributed by atoms with Crippen LogP contribution in [0.15, 0.2) is 24.3 Å². The van der Waals surface area contributed by atoms with Gasteiger partial charge in [0.2, 0.25) is 0 Å². The first-order valence-electron chi connectivity index (χ1n) is 6.41. The predicted molar refractivity (Wildman–Crippen MR) is 72.3 cm³/mol. The number of ether oxygens (including phenoxy) is 1. The van der Waals surface area contributed by atoms with Crippen LogP contribution in [-0.4, -0.2) is 23.7 Å². The fourth-order valence-corrected chi connectivity index (χ4v) is 4.33. The van der Waals surface area contributed by atoms with Gasteiger partial charge in [-0.2, -0.15) is 11.8 Å². The molecule has 0 bridgehead atoms. The van der Waals surface area contributed by atoms with Gasteiger partial charge in [0.05, 0.1) is 0 Å². The van der Waals surface area contributed by atoms with Crippen molar-refractivity contribution in [3.8, 4) is 0 Å². The van der Waals surface area contributed by atoms with E-state index in [0.717, 1.165) is 24.9 Å². The maximum atomic E-state index is 6.36.